The third-order valence-corrected chi connectivity index (χ3v) is 4.12. The summed E-state index contributed by atoms with van der Waals surface area (Å²) in [5.41, 5.74) is 8.60. The molecule has 142 valence electrons. The summed E-state index contributed by atoms with van der Waals surface area (Å²) in [6.07, 6.45) is 3.03. The molecular formula is C21H20N4O3. The van der Waals surface area contributed by atoms with Crippen molar-refractivity contribution in [2.24, 2.45) is 0 Å². The van der Waals surface area contributed by atoms with E-state index in [9.17, 15) is 9.59 Å². The topological polar surface area (TPSA) is 106 Å². The minimum atomic E-state index is -0.272. The highest BCUT2D eigenvalue weighted by atomic mass is 16.5. The SMILES string of the molecule is COc1ccc(C(=O)NCc2ccc(C(=O)Nc3ccncc3N)cc2)cc1. The molecule has 0 saturated carbocycles. The number of anilines is 2. The first-order valence-corrected chi connectivity index (χ1v) is 8.59. The first-order valence-electron chi connectivity index (χ1n) is 8.59. The van der Waals surface area contributed by atoms with Crippen LogP contribution in [0.2, 0.25) is 0 Å². The number of hydrogen-bond acceptors (Lipinski definition) is 5. The van der Waals surface area contributed by atoms with Crippen molar-refractivity contribution < 1.29 is 14.3 Å². The lowest BCUT2D eigenvalue weighted by Crippen LogP contribution is -2.22. The molecule has 7 nitrogen and oxygen atoms in total. The fraction of sp³-hybridized carbons (Fsp3) is 0.0952. The smallest absolute Gasteiger partial charge is 0.255 e. The Kier molecular flexibility index (Phi) is 5.86. The van der Waals surface area contributed by atoms with Gasteiger partial charge in [-0.05, 0) is 48.0 Å². The number of nitrogens with two attached hydrogens (primary N) is 1. The van der Waals surface area contributed by atoms with Crippen molar-refractivity contribution in [3.8, 4) is 5.75 Å². The van der Waals surface area contributed by atoms with Crippen LogP contribution in [-0.2, 0) is 6.54 Å². The van der Waals surface area contributed by atoms with E-state index in [1.807, 2.05) is 0 Å². The summed E-state index contributed by atoms with van der Waals surface area (Å²) in [5.74, 6) is 0.239. The highest BCUT2D eigenvalue weighted by Crippen LogP contribution is 2.17. The van der Waals surface area contributed by atoms with E-state index in [4.69, 9.17) is 10.5 Å². The largest absolute Gasteiger partial charge is 0.497 e. The molecule has 3 aromatic rings. The maximum Gasteiger partial charge on any atom is 0.255 e. The predicted octanol–water partition coefficient (Wildman–Crippen LogP) is 2.85. The van der Waals surface area contributed by atoms with Crippen molar-refractivity contribution in [1.82, 2.24) is 10.3 Å². The van der Waals surface area contributed by atoms with Crippen LogP contribution in [0, 0.1) is 0 Å². The van der Waals surface area contributed by atoms with Crippen LogP contribution in [0.25, 0.3) is 0 Å². The number of methoxy groups -OCH3 is 1. The van der Waals surface area contributed by atoms with E-state index in [-0.39, 0.29) is 11.8 Å². The van der Waals surface area contributed by atoms with Gasteiger partial charge in [0.05, 0.1) is 24.7 Å². The molecule has 0 aliphatic carbocycles. The molecule has 0 unspecified atom stereocenters. The Bertz CT molecular complexity index is 970. The number of nitrogen functional groups attached to an aromatic ring is 1. The summed E-state index contributed by atoms with van der Waals surface area (Å²) in [4.78, 5) is 28.4. The Morgan fingerprint density at radius 3 is 2.25 bits per heavy atom. The van der Waals surface area contributed by atoms with E-state index >= 15 is 0 Å². The maximum absolute atomic E-state index is 12.3. The maximum atomic E-state index is 12.3. The first kappa shape index (κ1) is 18.9. The minimum absolute atomic E-state index is 0.183. The standard InChI is InChI=1S/C21H20N4O3/c1-28-17-8-6-15(7-9-17)20(26)24-12-14-2-4-16(5-3-14)21(27)25-19-10-11-23-13-18(19)22/h2-11,13H,12,22H2,1H3,(H,24,26)(H,23,25,27). The van der Waals surface area contributed by atoms with Gasteiger partial charge in [-0.3, -0.25) is 14.6 Å². The molecule has 1 heterocycles. The van der Waals surface area contributed by atoms with Crippen molar-refractivity contribution in [3.05, 3.63) is 83.7 Å². The number of benzene rings is 2. The highest BCUT2D eigenvalue weighted by Gasteiger charge is 2.09. The Morgan fingerprint density at radius 2 is 1.61 bits per heavy atom. The predicted molar refractivity (Wildman–Crippen MR) is 107 cm³/mol. The number of nitrogens with one attached hydrogen (secondary N) is 2. The summed E-state index contributed by atoms with van der Waals surface area (Å²) in [6, 6.07) is 15.5. The molecule has 0 aliphatic heterocycles. The lowest BCUT2D eigenvalue weighted by molar-refractivity contribution is 0.0949. The fourth-order valence-electron chi connectivity index (χ4n) is 2.52. The number of amides is 2. The molecule has 4 N–H and O–H groups in total. The van der Waals surface area contributed by atoms with Gasteiger partial charge < -0.3 is 21.1 Å². The molecule has 7 heteroatoms. The number of rotatable bonds is 6. The molecule has 28 heavy (non-hydrogen) atoms. The number of aromatic nitrogens is 1. The normalized spacial score (nSPS) is 10.2. The quantitative estimate of drug-likeness (QED) is 0.613. The fourth-order valence-corrected chi connectivity index (χ4v) is 2.52. The lowest BCUT2D eigenvalue weighted by atomic mass is 10.1. The number of pyridine rings is 1. The Hall–Kier alpha value is -3.87. The molecule has 2 amide bonds. The summed E-state index contributed by atoms with van der Waals surface area (Å²) in [6.45, 7) is 0.351. The molecule has 0 saturated heterocycles. The zero-order valence-corrected chi connectivity index (χ0v) is 15.3. The molecule has 0 bridgehead atoms. The Morgan fingerprint density at radius 1 is 0.964 bits per heavy atom. The first-order chi connectivity index (χ1) is 13.6. The monoisotopic (exact) mass is 376 g/mol. The van der Waals surface area contributed by atoms with Crippen LogP contribution in [0.3, 0.4) is 0 Å². The van der Waals surface area contributed by atoms with Gasteiger partial charge in [-0.25, -0.2) is 0 Å². The van der Waals surface area contributed by atoms with Gasteiger partial charge in [-0.15, -0.1) is 0 Å². The molecule has 0 radical (unpaired) electrons. The molecule has 0 atom stereocenters. The van der Waals surface area contributed by atoms with E-state index in [1.165, 1.54) is 6.20 Å². The van der Waals surface area contributed by atoms with Crippen LogP contribution in [0.5, 0.6) is 5.75 Å². The van der Waals surface area contributed by atoms with Crippen molar-refractivity contribution in [3.63, 3.8) is 0 Å². The molecule has 0 fully saturated rings. The van der Waals surface area contributed by atoms with E-state index in [1.54, 1.807) is 67.9 Å². The van der Waals surface area contributed by atoms with Crippen LogP contribution < -0.4 is 21.1 Å². The zero-order valence-electron chi connectivity index (χ0n) is 15.3. The van der Waals surface area contributed by atoms with Crippen molar-refractivity contribution in [2.45, 2.75) is 6.54 Å². The second kappa shape index (κ2) is 8.68. The van der Waals surface area contributed by atoms with Crippen LogP contribution in [0.4, 0.5) is 11.4 Å². The average molecular weight is 376 g/mol. The molecule has 1 aromatic heterocycles. The Labute approximate surface area is 162 Å². The van der Waals surface area contributed by atoms with Crippen LogP contribution in [0.15, 0.2) is 67.0 Å². The number of ether oxygens (including phenoxy) is 1. The second-order valence-electron chi connectivity index (χ2n) is 6.03. The summed E-state index contributed by atoms with van der Waals surface area (Å²) >= 11 is 0. The third-order valence-electron chi connectivity index (χ3n) is 4.12. The molecule has 0 aliphatic rings. The number of carbonyl (C=O) groups excluding carboxylic acids is 2. The summed E-state index contributed by atoms with van der Waals surface area (Å²) in [7, 11) is 1.57. The summed E-state index contributed by atoms with van der Waals surface area (Å²) in [5, 5.41) is 5.59. The van der Waals surface area contributed by atoms with Gasteiger partial charge in [0.25, 0.3) is 11.8 Å². The van der Waals surface area contributed by atoms with E-state index in [0.717, 1.165) is 5.56 Å². The van der Waals surface area contributed by atoms with Gasteiger partial charge in [0.1, 0.15) is 5.75 Å². The highest BCUT2D eigenvalue weighted by molar-refractivity contribution is 6.05. The van der Waals surface area contributed by atoms with Gasteiger partial charge in [0, 0.05) is 23.9 Å². The van der Waals surface area contributed by atoms with Gasteiger partial charge in [-0.1, -0.05) is 12.1 Å². The van der Waals surface area contributed by atoms with E-state index < -0.39 is 0 Å². The Balaban J connectivity index is 1.57. The van der Waals surface area contributed by atoms with Crippen LogP contribution >= 0.6 is 0 Å². The van der Waals surface area contributed by atoms with Crippen molar-refractivity contribution in [2.75, 3.05) is 18.2 Å². The van der Waals surface area contributed by atoms with E-state index in [0.29, 0.717) is 34.8 Å². The van der Waals surface area contributed by atoms with E-state index in [2.05, 4.69) is 15.6 Å². The number of carbonyl (C=O) groups is 2. The van der Waals surface area contributed by atoms with Crippen molar-refractivity contribution >= 4 is 23.2 Å². The molecule has 3 rings (SSSR count). The van der Waals surface area contributed by atoms with Crippen LogP contribution in [-0.4, -0.2) is 23.9 Å². The van der Waals surface area contributed by atoms with Gasteiger partial charge in [-0.2, -0.15) is 0 Å². The third kappa shape index (κ3) is 4.64. The second-order valence-corrected chi connectivity index (χ2v) is 6.03. The van der Waals surface area contributed by atoms with Crippen LogP contribution in [0.1, 0.15) is 26.3 Å². The molecular weight excluding hydrogens is 356 g/mol. The molecule has 2 aromatic carbocycles. The minimum Gasteiger partial charge on any atom is -0.497 e. The number of nitrogens with zero attached hydrogens (tertiary/aromatic N) is 1. The van der Waals surface area contributed by atoms with Gasteiger partial charge in [0.2, 0.25) is 0 Å². The molecule has 0 spiro atoms. The van der Waals surface area contributed by atoms with Gasteiger partial charge >= 0.3 is 0 Å². The van der Waals surface area contributed by atoms with Gasteiger partial charge in [0.15, 0.2) is 0 Å². The number of hydrogen-bond donors (Lipinski definition) is 3. The zero-order chi connectivity index (χ0) is 19.9. The van der Waals surface area contributed by atoms with Crippen molar-refractivity contribution in [1.29, 1.82) is 0 Å². The summed E-state index contributed by atoms with van der Waals surface area (Å²) < 4.78 is 5.08. The lowest BCUT2D eigenvalue weighted by Gasteiger charge is -2.09. The average Bonchev–Trinajstić information content (AvgIpc) is 2.74.